The second kappa shape index (κ2) is 5.11. The highest BCUT2D eigenvalue weighted by atomic mass is 16.3. The maximum atomic E-state index is 10.3. The summed E-state index contributed by atoms with van der Waals surface area (Å²) in [4.78, 5) is 3.97. The van der Waals surface area contributed by atoms with Crippen molar-refractivity contribution < 1.29 is 5.11 Å². The number of pyridine rings is 1. The van der Waals surface area contributed by atoms with E-state index >= 15 is 0 Å². The SMILES string of the molecule is CCCC(O)(CC)Cc1ccncc1. The summed E-state index contributed by atoms with van der Waals surface area (Å²) in [6.07, 6.45) is 6.99. The molecule has 1 atom stereocenters. The number of aliphatic hydroxyl groups is 1. The van der Waals surface area contributed by atoms with Gasteiger partial charge in [-0.15, -0.1) is 0 Å². The maximum Gasteiger partial charge on any atom is 0.0685 e. The molecule has 0 aliphatic carbocycles. The van der Waals surface area contributed by atoms with Crippen molar-refractivity contribution in [3.05, 3.63) is 30.1 Å². The minimum absolute atomic E-state index is 0.532. The molecule has 0 radical (unpaired) electrons. The van der Waals surface area contributed by atoms with E-state index in [1.807, 2.05) is 19.1 Å². The summed E-state index contributed by atoms with van der Waals surface area (Å²) in [5, 5.41) is 10.3. The Kier molecular flexibility index (Phi) is 4.08. The lowest BCUT2D eigenvalue weighted by Crippen LogP contribution is -2.30. The van der Waals surface area contributed by atoms with Crippen molar-refractivity contribution in [1.82, 2.24) is 4.98 Å². The molecule has 0 amide bonds. The summed E-state index contributed by atoms with van der Waals surface area (Å²) in [6.45, 7) is 4.14. The van der Waals surface area contributed by atoms with Gasteiger partial charge in [-0.1, -0.05) is 20.3 Å². The summed E-state index contributed by atoms with van der Waals surface area (Å²) in [5.74, 6) is 0. The molecule has 0 saturated heterocycles. The van der Waals surface area contributed by atoms with Gasteiger partial charge in [0.15, 0.2) is 0 Å². The van der Waals surface area contributed by atoms with Crippen LogP contribution in [-0.4, -0.2) is 15.7 Å². The van der Waals surface area contributed by atoms with Gasteiger partial charge in [0, 0.05) is 18.8 Å². The Morgan fingerprint density at radius 3 is 2.43 bits per heavy atom. The van der Waals surface area contributed by atoms with Crippen LogP contribution >= 0.6 is 0 Å². The number of aromatic nitrogens is 1. The summed E-state index contributed by atoms with van der Waals surface area (Å²) in [6, 6.07) is 3.94. The van der Waals surface area contributed by atoms with Crippen molar-refractivity contribution in [2.75, 3.05) is 0 Å². The molecule has 0 aromatic carbocycles. The fourth-order valence-electron chi connectivity index (χ4n) is 1.74. The second-order valence-corrected chi connectivity index (χ2v) is 3.86. The Morgan fingerprint density at radius 1 is 1.29 bits per heavy atom. The highest BCUT2D eigenvalue weighted by Gasteiger charge is 2.23. The molecule has 2 heteroatoms. The van der Waals surface area contributed by atoms with Gasteiger partial charge < -0.3 is 5.11 Å². The van der Waals surface area contributed by atoms with Gasteiger partial charge in [0.2, 0.25) is 0 Å². The minimum atomic E-state index is -0.532. The van der Waals surface area contributed by atoms with Crippen LogP contribution in [0.4, 0.5) is 0 Å². The summed E-state index contributed by atoms with van der Waals surface area (Å²) in [7, 11) is 0. The topological polar surface area (TPSA) is 33.1 Å². The Bertz CT molecular complexity index is 260. The summed E-state index contributed by atoms with van der Waals surface area (Å²) in [5.41, 5.74) is 0.633. The first-order valence-corrected chi connectivity index (χ1v) is 5.31. The highest BCUT2D eigenvalue weighted by molar-refractivity contribution is 5.12. The monoisotopic (exact) mass is 193 g/mol. The first kappa shape index (κ1) is 11.2. The van der Waals surface area contributed by atoms with E-state index in [4.69, 9.17) is 0 Å². The first-order valence-electron chi connectivity index (χ1n) is 5.31. The molecule has 1 aromatic heterocycles. The van der Waals surface area contributed by atoms with E-state index in [0.29, 0.717) is 0 Å². The smallest absolute Gasteiger partial charge is 0.0685 e. The van der Waals surface area contributed by atoms with Crippen molar-refractivity contribution in [3.8, 4) is 0 Å². The van der Waals surface area contributed by atoms with E-state index in [2.05, 4.69) is 11.9 Å². The van der Waals surface area contributed by atoms with Crippen LogP contribution in [-0.2, 0) is 6.42 Å². The van der Waals surface area contributed by atoms with E-state index < -0.39 is 5.60 Å². The standard InChI is InChI=1S/C12H19NO/c1-3-7-12(14,4-2)10-11-5-8-13-9-6-11/h5-6,8-9,14H,3-4,7,10H2,1-2H3. The van der Waals surface area contributed by atoms with E-state index in [-0.39, 0.29) is 0 Å². The zero-order valence-corrected chi connectivity index (χ0v) is 9.03. The fourth-order valence-corrected chi connectivity index (χ4v) is 1.74. The zero-order chi connectivity index (χ0) is 10.4. The number of nitrogens with zero attached hydrogens (tertiary/aromatic N) is 1. The quantitative estimate of drug-likeness (QED) is 0.779. The predicted octanol–water partition coefficient (Wildman–Crippen LogP) is 2.57. The molecule has 1 N–H and O–H groups in total. The third-order valence-electron chi connectivity index (χ3n) is 2.66. The Balaban J connectivity index is 2.65. The van der Waals surface area contributed by atoms with Crippen LogP contribution in [0.25, 0.3) is 0 Å². The van der Waals surface area contributed by atoms with Gasteiger partial charge in [-0.3, -0.25) is 4.98 Å². The molecule has 0 saturated carbocycles. The van der Waals surface area contributed by atoms with Crippen molar-refractivity contribution in [2.24, 2.45) is 0 Å². The number of rotatable bonds is 5. The molecular formula is C12H19NO. The van der Waals surface area contributed by atoms with Gasteiger partial charge in [-0.25, -0.2) is 0 Å². The molecule has 1 heterocycles. The third kappa shape index (κ3) is 3.11. The third-order valence-corrected chi connectivity index (χ3v) is 2.66. The highest BCUT2D eigenvalue weighted by Crippen LogP contribution is 2.22. The van der Waals surface area contributed by atoms with Crippen LogP contribution in [0.3, 0.4) is 0 Å². The number of hydrogen-bond donors (Lipinski definition) is 1. The Hall–Kier alpha value is -0.890. The van der Waals surface area contributed by atoms with Gasteiger partial charge in [0.05, 0.1) is 5.60 Å². The van der Waals surface area contributed by atoms with Gasteiger partial charge in [0.1, 0.15) is 0 Å². The lowest BCUT2D eigenvalue weighted by Gasteiger charge is -2.26. The van der Waals surface area contributed by atoms with Crippen LogP contribution in [0.1, 0.15) is 38.7 Å². The van der Waals surface area contributed by atoms with E-state index in [1.165, 1.54) is 0 Å². The average molecular weight is 193 g/mol. The van der Waals surface area contributed by atoms with Crippen LogP contribution in [0.15, 0.2) is 24.5 Å². The van der Waals surface area contributed by atoms with Gasteiger partial charge in [-0.2, -0.15) is 0 Å². The molecule has 78 valence electrons. The molecule has 1 aromatic rings. The normalized spacial score (nSPS) is 15.1. The molecule has 0 bridgehead atoms. The predicted molar refractivity (Wildman–Crippen MR) is 58.1 cm³/mol. The lowest BCUT2D eigenvalue weighted by atomic mass is 9.88. The molecule has 0 aliphatic heterocycles. The molecule has 14 heavy (non-hydrogen) atoms. The van der Waals surface area contributed by atoms with Crippen molar-refractivity contribution in [1.29, 1.82) is 0 Å². The largest absolute Gasteiger partial charge is 0.390 e. The second-order valence-electron chi connectivity index (χ2n) is 3.86. The molecule has 2 nitrogen and oxygen atoms in total. The molecule has 1 rings (SSSR count). The van der Waals surface area contributed by atoms with Crippen molar-refractivity contribution >= 4 is 0 Å². The lowest BCUT2D eigenvalue weighted by molar-refractivity contribution is 0.0271. The van der Waals surface area contributed by atoms with Crippen LogP contribution in [0.2, 0.25) is 0 Å². The van der Waals surface area contributed by atoms with E-state index in [1.54, 1.807) is 12.4 Å². The maximum absolute atomic E-state index is 10.3. The average Bonchev–Trinajstić information content (AvgIpc) is 2.20. The van der Waals surface area contributed by atoms with E-state index in [0.717, 1.165) is 31.2 Å². The summed E-state index contributed by atoms with van der Waals surface area (Å²) < 4.78 is 0. The zero-order valence-electron chi connectivity index (χ0n) is 9.03. The van der Waals surface area contributed by atoms with Crippen LogP contribution in [0.5, 0.6) is 0 Å². The molecule has 0 aliphatic rings. The molecule has 0 spiro atoms. The van der Waals surface area contributed by atoms with E-state index in [9.17, 15) is 5.11 Å². The van der Waals surface area contributed by atoms with Gasteiger partial charge in [-0.05, 0) is 30.5 Å². The summed E-state index contributed by atoms with van der Waals surface area (Å²) >= 11 is 0. The van der Waals surface area contributed by atoms with Crippen molar-refractivity contribution in [2.45, 2.75) is 45.1 Å². The molecule has 0 fully saturated rings. The number of hydrogen-bond acceptors (Lipinski definition) is 2. The molecular weight excluding hydrogens is 174 g/mol. The van der Waals surface area contributed by atoms with Crippen molar-refractivity contribution in [3.63, 3.8) is 0 Å². The Labute approximate surface area is 86.0 Å². The molecule has 1 unspecified atom stereocenters. The fraction of sp³-hybridized carbons (Fsp3) is 0.583. The first-order chi connectivity index (χ1) is 6.70. The van der Waals surface area contributed by atoms with Gasteiger partial charge in [0.25, 0.3) is 0 Å². The van der Waals surface area contributed by atoms with Gasteiger partial charge >= 0.3 is 0 Å². The van der Waals surface area contributed by atoms with Crippen LogP contribution in [0, 0.1) is 0 Å². The van der Waals surface area contributed by atoms with Crippen LogP contribution < -0.4 is 0 Å². The minimum Gasteiger partial charge on any atom is -0.390 e. The Morgan fingerprint density at radius 2 is 1.93 bits per heavy atom.